The SMILES string of the molecule is CC(=O)OCC1=C(C(=O)O)N2C(=O)[C@@H](NC(c3ccccc3)(c3ccccc3)c3ccccc3)[C@H]2[S+]([O-])C1. The van der Waals surface area contributed by atoms with E-state index in [9.17, 15) is 24.0 Å². The molecule has 2 aliphatic heterocycles. The van der Waals surface area contributed by atoms with Gasteiger partial charge in [0.1, 0.15) is 18.1 Å². The van der Waals surface area contributed by atoms with Crippen LogP contribution >= 0.6 is 0 Å². The molecule has 0 radical (unpaired) electrons. The molecule has 38 heavy (non-hydrogen) atoms. The number of nitrogens with zero attached hydrogens (tertiary/aromatic N) is 1. The number of carboxylic acids is 1. The molecule has 0 saturated carbocycles. The Bertz CT molecular complexity index is 1280. The Balaban J connectivity index is 1.61. The summed E-state index contributed by atoms with van der Waals surface area (Å²) in [6.45, 7) is 0.869. The van der Waals surface area contributed by atoms with E-state index in [0.717, 1.165) is 21.6 Å². The van der Waals surface area contributed by atoms with Gasteiger partial charge in [-0.3, -0.25) is 19.8 Å². The number of nitrogens with one attached hydrogen (secondary N) is 1. The molecular formula is C29H26N2O6S. The van der Waals surface area contributed by atoms with E-state index in [4.69, 9.17) is 4.74 Å². The first-order chi connectivity index (χ1) is 18.3. The zero-order valence-electron chi connectivity index (χ0n) is 20.6. The maximum atomic E-state index is 13.6. The Labute approximate surface area is 223 Å². The van der Waals surface area contributed by atoms with Crippen LogP contribution < -0.4 is 5.32 Å². The third-order valence-electron chi connectivity index (χ3n) is 6.85. The summed E-state index contributed by atoms with van der Waals surface area (Å²) in [5.41, 5.74) is 1.49. The first kappa shape index (κ1) is 25.7. The van der Waals surface area contributed by atoms with Crippen molar-refractivity contribution in [2.24, 2.45) is 0 Å². The summed E-state index contributed by atoms with van der Waals surface area (Å²) in [5.74, 6) is -2.55. The van der Waals surface area contributed by atoms with Gasteiger partial charge in [-0.1, -0.05) is 91.0 Å². The van der Waals surface area contributed by atoms with E-state index >= 15 is 0 Å². The molecule has 194 valence electrons. The van der Waals surface area contributed by atoms with Crippen molar-refractivity contribution in [2.45, 2.75) is 23.9 Å². The Hall–Kier alpha value is -3.92. The van der Waals surface area contributed by atoms with Crippen molar-refractivity contribution in [1.29, 1.82) is 0 Å². The minimum Gasteiger partial charge on any atom is -0.614 e. The molecule has 0 spiro atoms. The van der Waals surface area contributed by atoms with Crippen molar-refractivity contribution >= 4 is 29.0 Å². The number of carbonyl (C=O) groups is 3. The van der Waals surface area contributed by atoms with Crippen molar-refractivity contribution in [3.8, 4) is 0 Å². The van der Waals surface area contributed by atoms with Crippen LogP contribution in [0, 0.1) is 0 Å². The minimum absolute atomic E-state index is 0.115. The molecule has 3 aromatic carbocycles. The number of carbonyl (C=O) groups excluding carboxylic acids is 2. The van der Waals surface area contributed by atoms with Crippen LogP contribution in [0.3, 0.4) is 0 Å². The zero-order valence-corrected chi connectivity index (χ0v) is 21.4. The van der Waals surface area contributed by atoms with Crippen LogP contribution in [0.15, 0.2) is 102 Å². The normalized spacial score (nSPS) is 20.9. The van der Waals surface area contributed by atoms with Crippen molar-refractivity contribution < 1.29 is 28.8 Å². The molecule has 0 bridgehead atoms. The average Bonchev–Trinajstić information content (AvgIpc) is 2.93. The number of aliphatic carboxylic acids is 1. The molecule has 0 aromatic heterocycles. The van der Waals surface area contributed by atoms with Gasteiger partial charge in [0.2, 0.25) is 5.37 Å². The largest absolute Gasteiger partial charge is 0.614 e. The molecule has 2 N–H and O–H groups in total. The van der Waals surface area contributed by atoms with Gasteiger partial charge in [0.05, 0.1) is 5.54 Å². The quantitative estimate of drug-likeness (QED) is 0.199. The lowest BCUT2D eigenvalue weighted by atomic mass is 9.76. The summed E-state index contributed by atoms with van der Waals surface area (Å²) in [4.78, 5) is 38.2. The number of fused-ring (bicyclic) bond motifs is 1. The van der Waals surface area contributed by atoms with Gasteiger partial charge in [0, 0.05) is 12.5 Å². The second-order valence-corrected chi connectivity index (χ2v) is 10.7. The number of carboxylic acid groups (broad SMARTS) is 1. The van der Waals surface area contributed by atoms with E-state index in [1.54, 1.807) is 0 Å². The highest BCUT2D eigenvalue weighted by molar-refractivity contribution is 7.92. The van der Waals surface area contributed by atoms with Gasteiger partial charge in [-0.25, -0.2) is 4.79 Å². The number of ether oxygens (including phenoxy) is 1. The lowest BCUT2D eigenvalue weighted by Gasteiger charge is -2.52. The maximum absolute atomic E-state index is 13.6. The highest BCUT2D eigenvalue weighted by Gasteiger charge is 2.62. The molecule has 3 atom stereocenters. The Morgan fingerprint density at radius 3 is 1.87 bits per heavy atom. The van der Waals surface area contributed by atoms with Crippen LogP contribution in [0.5, 0.6) is 0 Å². The van der Waals surface area contributed by atoms with Gasteiger partial charge < -0.3 is 14.4 Å². The smallest absolute Gasteiger partial charge is 0.353 e. The Morgan fingerprint density at radius 2 is 1.45 bits per heavy atom. The molecule has 5 rings (SSSR count). The molecule has 1 unspecified atom stereocenters. The molecule has 1 saturated heterocycles. The molecule has 9 heteroatoms. The van der Waals surface area contributed by atoms with Crippen LogP contribution in [0.4, 0.5) is 0 Å². The standard InChI is InChI=1S/C29H26N2O6S/c1-19(32)37-17-20-18-38(36)27-24(26(33)31(27)25(20)28(34)35)30-29(21-11-5-2-6-12-21,22-13-7-3-8-14-22)23-15-9-4-10-16-23/h2-16,24,27,30H,17-18H2,1H3,(H,34,35)/t24-,27-,38?/m1/s1. The molecule has 3 aromatic rings. The average molecular weight is 531 g/mol. The first-order valence-corrected chi connectivity index (χ1v) is 13.5. The molecule has 8 nitrogen and oxygen atoms in total. The summed E-state index contributed by atoms with van der Waals surface area (Å²) < 4.78 is 18.4. The third kappa shape index (κ3) is 4.38. The van der Waals surface area contributed by atoms with Crippen molar-refractivity contribution in [3.63, 3.8) is 0 Å². The fourth-order valence-electron chi connectivity index (χ4n) is 5.20. The van der Waals surface area contributed by atoms with E-state index in [0.29, 0.717) is 0 Å². The van der Waals surface area contributed by atoms with Crippen molar-refractivity contribution in [2.75, 3.05) is 12.4 Å². The molecule has 1 amide bonds. The van der Waals surface area contributed by atoms with Gasteiger partial charge in [0.25, 0.3) is 5.91 Å². The van der Waals surface area contributed by atoms with Gasteiger partial charge in [-0.05, 0) is 27.9 Å². The van der Waals surface area contributed by atoms with Crippen molar-refractivity contribution in [3.05, 3.63) is 119 Å². The fourth-order valence-corrected chi connectivity index (χ4v) is 6.87. The molecular weight excluding hydrogens is 504 g/mol. The van der Waals surface area contributed by atoms with Crippen LogP contribution in [-0.2, 0) is 35.8 Å². The number of esters is 1. The van der Waals surface area contributed by atoms with E-state index in [-0.39, 0.29) is 23.6 Å². The molecule has 1 fully saturated rings. The fraction of sp³-hybridized carbons (Fsp3) is 0.207. The van der Waals surface area contributed by atoms with E-state index < -0.39 is 46.0 Å². The number of hydrogen-bond donors (Lipinski definition) is 2. The Morgan fingerprint density at radius 1 is 0.974 bits per heavy atom. The topological polar surface area (TPSA) is 119 Å². The number of hydrogen-bond acceptors (Lipinski definition) is 6. The van der Waals surface area contributed by atoms with Crippen LogP contribution in [0.25, 0.3) is 0 Å². The maximum Gasteiger partial charge on any atom is 0.353 e. The van der Waals surface area contributed by atoms with Crippen LogP contribution in [0.1, 0.15) is 23.6 Å². The second kappa shape index (κ2) is 10.4. The van der Waals surface area contributed by atoms with Gasteiger partial charge >= 0.3 is 11.9 Å². The van der Waals surface area contributed by atoms with E-state index in [1.807, 2.05) is 91.0 Å². The molecule has 0 aliphatic carbocycles. The van der Waals surface area contributed by atoms with E-state index in [1.165, 1.54) is 6.92 Å². The summed E-state index contributed by atoms with van der Waals surface area (Å²) in [6, 6.07) is 28.1. The van der Waals surface area contributed by atoms with Gasteiger partial charge in [0.15, 0.2) is 6.04 Å². The van der Waals surface area contributed by atoms with Gasteiger partial charge in [-0.2, -0.15) is 0 Å². The predicted octanol–water partition coefficient (Wildman–Crippen LogP) is 2.77. The lowest BCUT2D eigenvalue weighted by Crippen LogP contribution is -2.76. The Kier molecular flexibility index (Phi) is 7.07. The minimum atomic E-state index is -1.63. The zero-order chi connectivity index (χ0) is 26.9. The number of β-lactam (4-membered cyclic amide) rings is 1. The number of amides is 1. The predicted molar refractivity (Wildman–Crippen MR) is 141 cm³/mol. The highest BCUT2D eigenvalue weighted by atomic mass is 32.2. The van der Waals surface area contributed by atoms with Crippen LogP contribution in [-0.4, -0.2) is 56.2 Å². The number of rotatable bonds is 8. The summed E-state index contributed by atoms with van der Waals surface area (Å²) in [6.07, 6.45) is 0. The van der Waals surface area contributed by atoms with E-state index in [2.05, 4.69) is 5.32 Å². The first-order valence-electron chi connectivity index (χ1n) is 12.1. The lowest BCUT2D eigenvalue weighted by molar-refractivity contribution is -0.150. The summed E-state index contributed by atoms with van der Waals surface area (Å²) in [5, 5.41) is 12.6. The summed E-state index contributed by atoms with van der Waals surface area (Å²) in [7, 11) is 0. The molecule has 2 aliphatic rings. The summed E-state index contributed by atoms with van der Waals surface area (Å²) >= 11 is -1.63. The molecule has 2 heterocycles. The highest BCUT2D eigenvalue weighted by Crippen LogP contribution is 2.42. The van der Waals surface area contributed by atoms with Crippen molar-refractivity contribution in [1.82, 2.24) is 10.2 Å². The second-order valence-electron chi connectivity index (χ2n) is 9.13. The van der Waals surface area contributed by atoms with Crippen LogP contribution in [0.2, 0.25) is 0 Å². The van der Waals surface area contributed by atoms with Gasteiger partial charge in [-0.15, -0.1) is 0 Å². The monoisotopic (exact) mass is 530 g/mol. The third-order valence-corrected chi connectivity index (χ3v) is 8.50. The number of benzene rings is 3.